The Morgan fingerprint density at radius 3 is 2.58 bits per heavy atom. The molecular weight excluding hydrogens is 267 g/mol. The number of hydrogen-bond acceptors (Lipinski definition) is 3. The molecule has 1 heterocycles. The smallest absolute Gasteiger partial charge is 0.222 e. The van der Waals surface area contributed by atoms with Crippen LogP contribution in [0.15, 0.2) is 30.5 Å². The number of benzene rings is 1. The summed E-state index contributed by atoms with van der Waals surface area (Å²) in [6, 6.07) is 5.88. The zero-order valence-corrected chi connectivity index (χ0v) is 11.7. The van der Waals surface area contributed by atoms with Crippen molar-refractivity contribution in [3.8, 4) is 11.6 Å². The van der Waals surface area contributed by atoms with E-state index in [0.29, 0.717) is 17.5 Å². The lowest BCUT2D eigenvalue weighted by molar-refractivity contribution is 0.442. The van der Waals surface area contributed by atoms with Gasteiger partial charge in [-0.1, -0.05) is 32.4 Å². The van der Waals surface area contributed by atoms with E-state index in [1.807, 2.05) is 20.8 Å². The molecule has 0 aliphatic carbocycles. The van der Waals surface area contributed by atoms with Gasteiger partial charge in [0.2, 0.25) is 5.88 Å². The molecule has 0 atom stereocenters. The third kappa shape index (κ3) is 3.41. The Labute approximate surface area is 116 Å². The van der Waals surface area contributed by atoms with Crippen LogP contribution in [0.4, 0.5) is 4.39 Å². The van der Waals surface area contributed by atoms with Gasteiger partial charge < -0.3 is 4.74 Å². The van der Waals surface area contributed by atoms with Crippen LogP contribution < -0.4 is 4.74 Å². The molecule has 3 nitrogen and oxygen atoms in total. The van der Waals surface area contributed by atoms with Crippen LogP contribution in [0.5, 0.6) is 11.6 Å². The lowest BCUT2D eigenvalue weighted by atomic mass is 9.96. The lowest BCUT2D eigenvalue weighted by Gasteiger charge is -2.16. The molecule has 0 saturated carbocycles. The van der Waals surface area contributed by atoms with E-state index in [0.717, 1.165) is 0 Å². The average Bonchev–Trinajstić information content (AvgIpc) is 2.33. The fourth-order valence-corrected chi connectivity index (χ4v) is 1.54. The Kier molecular flexibility index (Phi) is 3.71. The molecule has 0 radical (unpaired) electrons. The van der Waals surface area contributed by atoms with Crippen LogP contribution in [0.2, 0.25) is 5.02 Å². The summed E-state index contributed by atoms with van der Waals surface area (Å²) in [6.07, 6.45) is 1.62. The number of ether oxygens (including phenoxy) is 1. The van der Waals surface area contributed by atoms with Gasteiger partial charge in [0.25, 0.3) is 0 Å². The monoisotopic (exact) mass is 280 g/mol. The van der Waals surface area contributed by atoms with E-state index in [4.69, 9.17) is 16.3 Å². The first-order valence-electron chi connectivity index (χ1n) is 5.83. The van der Waals surface area contributed by atoms with E-state index in [2.05, 4.69) is 9.97 Å². The summed E-state index contributed by atoms with van der Waals surface area (Å²) in [4.78, 5) is 8.50. The van der Waals surface area contributed by atoms with E-state index in [1.54, 1.807) is 18.3 Å². The predicted molar refractivity (Wildman–Crippen MR) is 72.2 cm³/mol. The molecule has 5 heteroatoms. The first kappa shape index (κ1) is 13.7. The van der Waals surface area contributed by atoms with E-state index in [-0.39, 0.29) is 10.4 Å². The lowest BCUT2D eigenvalue weighted by Crippen LogP contribution is -2.15. The summed E-state index contributed by atoms with van der Waals surface area (Å²) < 4.78 is 18.8. The van der Waals surface area contributed by atoms with Gasteiger partial charge in [0.15, 0.2) is 0 Å². The van der Waals surface area contributed by atoms with Gasteiger partial charge in [-0.15, -0.1) is 0 Å². The molecule has 0 aliphatic rings. The van der Waals surface area contributed by atoms with Crippen LogP contribution in [0.25, 0.3) is 0 Å². The van der Waals surface area contributed by atoms with Crippen molar-refractivity contribution in [2.75, 3.05) is 0 Å². The Morgan fingerprint density at radius 1 is 1.21 bits per heavy atom. The van der Waals surface area contributed by atoms with Crippen LogP contribution >= 0.6 is 11.6 Å². The molecule has 0 spiro atoms. The van der Waals surface area contributed by atoms with E-state index in [9.17, 15) is 4.39 Å². The van der Waals surface area contributed by atoms with Gasteiger partial charge >= 0.3 is 0 Å². The maximum atomic E-state index is 13.3. The summed E-state index contributed by atoms with van der Waals surface area (Å²) in [5, 5.41) is 0.0606. The van der Waals surface area contributed by atoms with Crippen molar-refractivity contribution >= 4 is 11.6 Å². The van der Waals surface area contributed by atoms with Crippen molar-refractivity contribution < 1.29 is 9.13 Å². The topological polar surface area (TPSA) is 35.0 Å². The Hall–Kier alpha value is -1.68. The molecule has 1 aromatic heterocycles. The summed E-state index contributed by atoms with van der Waals surface area (Å²) >= 11 is 5.61. The Balaban J connectivity index is 2.26. The van der Waals surface area contributed by atoms with Gasteiger partial charge in [0.05, 0.1) is 5.02 Å². The van der Waals surface area contributed by atoms with Crippen LogP contribution in [-0.2, 0) is 5.41 Å². The minimum absolute atomic E-state index is 0.0606. The summed E-state index contributed by atoms with van der Waals surface area (Å²) in [5.41, 5.74) is -0.176. The van der Waals surface area contributed by atoms with Crippen molar-refractivity contribution in [3.63, 3.8) is 0 Å². The number of rotatable bonds is 2. The van der Waals surface area contributed by atoms with Gasteiger partial charge in [-0.3, -0.25) is 0 Å². The molecule has 2 aromatic rings. The highest BCUT2D eigenvalue weighted by Crippen LogP contribution is 2.26. The zero-order chi connectivity index (χ0) is 14.0. The van der Waals surface area contributed by atoms with E-state index < -0.39 is 5.82 Å². The fourth-order valence-electron chi connectivity index (χ4n) is 1.42. The van der Waals surface area contributed by atoms with Crippen LogP contribution in [0.3, 0.4) is 0 Å². The molecule has 0 aliphatic heterocycles. The third-order valence-corrected chi connectivity index (χ3v) is 2.72. The number of hydrogen-bond donors (Lipinski definition) is 0. The largest absolute Gasteiger partial charge is 0.439 e. The highest BCUT2D eigenvalue weighted by atomic mass is 35.5. The quantitative estimate of drug-likeness (QED) is 0.820. The molecule has 2 rings (SSSR count). The molecule has 1 aromatic carbocycles. The molecule has 0 fully saturated rings. The maximum absolute atomic E-state index is 13.3. The fraction of sp³-hybridized carbons (Fsp3) is 0.286. The maximum Gasteiger partial charge on any atom is 0.222 e. The van der Waals surface area contributed by atoms with Gasteiger partial charge in [-0.2, -0.15) is 4.98 Å². The first-order valence-corrected chi connectivity index (χ1v) is 6.20. The normalized spacial score (nSPS) is 11.4. The molecule has 100 valence electrons. The third-order valence-electron chi connectivity index (χ3n) is 2.41. The number of nitrogens with zero attached hydrogens (tertiary/aromatic N) is 2. The zero-order valence-electron chi connectivity index (χ0n) is 10.9. The summed E-state index contributed by atoms with van der Waals surface area (Å²) in [5.74, 6) is 0.866. The van der Waals surface area contributed by atoms with E-state index >= 15 is 0 Å². The highest BCUT2D eigenvalue weighted by Gasteiger charge is 2.17. The molecule has 0 amide bonds. The van der Waals surface area contributed by atoms with Crippen molar-refractivity contribution in [2.45, 2.75) is 26.2 Å². The Morgan fingerprint density at radius 2 is 1.95 bits per heavy atom. The van der Waals surface area contributed by atoms with Gasteiger partial charge in [0, 0.05) is 23.7 Å². The minimum atomic E-state index is -0.524. The molecule has 0 unspecified atom stereocenters. The Bertz CT molecular complexity index is 596. The standard InChI is InChI=1S/C14H14ClFN2O/c1-14(2,3)13-17-7-6-12(18-13)19-9-4-5-10(15)11(16)8-9/h4-8H,1-3H3. The van der Waals surface area contributed by atoms with E-state index in [1.165, 1.54) is 12.1 Å². The van der Waals surface area contributed by atoms with Crippen LogP contribution in [0.1, 0.15) is 26.6 Å². The minimum Gasteiger partial charge on any atom is -0.439 e. The second-order valence-electron chi connectivity index (χ2n) is 5.15. The molecule has 0 bridgehead atoms. The summed E-state index contributed by atoms with van der Waals surface area (Å²) in [7, 11) is 0. The van der Waals surface area contributed by atoms with Gasteiger partial charge in [0.1, 0.15) is 17.4 Å². The van der Waals surface area contributed by atoms with Crippen LogP contribution in [0, 0.1) is 5.82 Å². The van der Waals surface area contributed by atoms with Crippen molar-refractivity contribution in [2.24, 2.45) is 0 Å². The van der Waals surface area contributed by atoms with Crippen LogP contribution in [-0.4, -0.2) is 9.97 Å². The molecule has 0 saturated heterocycles. The highest BCUT2D eigenvalue weighted by molar-refractivity contribution is 6.30. The number of halogens is 2. The molecular formula is C14H14ClFN2O. The second-order valence-corrected chi connectivity index (χ2v) is 5.55. The predicted octanol–water partition coefficient (Wildman–Crippen LogP) is 4.36. The first-order chi connectivity index (χ1) is 8.86. The summed E-state index contributed by atoms with van der Waals surface area (Å²) in [6.45, 7) is 6.02. The second kappa shape index (κ2) is 5.13. The van der Waals surface area contributed by atoms with Gasteiger partial charge in [-0.05, 0) is 12.1 Å². The average molecular weight is 281 g/mol. The van der Waals surface area contributed by atoms with Crippen molar-refractivity contribution in [3.05, 3.63) is 47.1 Å². The SMILES string of the molecule is CC(C)(C)c1nccc(Oc2ccc(Cl)c(F)c2)n1. The van der Waals surface area contributed by atoms with Crippen molar-refractivity contribution in [1.29, 1.82) is 0 Å². The molecule has 19 heavy (non-hydrogen) atoms. The van der Waals surface area contributed by atoms with Crippen molar-refractivity contribution in [1.82, 2.24) is 9.97 Å². The van der Waals surface area contributed by atoms with Gasteiger partial charge in [-0.25, -0.2) is 9.37 Å². The number of aromatic nitrogens is 2. The molecule has 0 N–H and O–H groups in total.